The first-order chi connectivity index (χ1) is 10.6. The molecule has 0 saturated carbocycles. The molecule has 2 atom stereocenters. The molecule has 0 aromatic heterocycles. The standard InChI is InChI=1S/C16H21NO5/c1-3-5-15(17(19)20)16(18)6-4-11-22-12-13-7-9-14(21-2)10-8-13/h3-4,6-10,15-16,18H,1,5,11-12H2,2H3/b6-4+/t15-,16+/m1/s1. The maximum absolute atomic E-state index is 10.8. The molecule has 0 aliphatic rings. The fourth-order valence-electron chi connectivity index (χ4n) is 1.81. The molecule has 0 bridgehead atoms. The van der Waals surface area contributed by atoms with Gasteiger partial charge in [-0.2, -0.15) is 0 Å². The average Bonchev–Trinajstić information content (AvgIpc) is 2.52. The Hall–Kier alpha value is -2.18. The van der Waals surface area contributed by atoms with E-state index in [1.807, 2.05) is 24.3 Å². The van der Waals surface area contributed by atoms with Gasteiger partial charge < -0.3 is 14.6 Å². The first kappa shape index (κ1) is 17.9. The van der Waals surface area contributed by atoms with Crippen LogP contribution in [0.3, 0.4) is 0 Å². The minimum atomic E-state index is -1.16. The Morgan fingerprint density at radius 1 is 1.41 bits per heavy atom. The lowest BCUT2D eigenvalue weighted by Crippen LogP contribution is -2.31. The van der Waals surface area contributed by atoms with E-state index in [0.29, 0.717) is 6.61 Å². The minimum Gasteiger partial charge on any atom is -0.497 e. The molecular formula is C16H21NO5. The van der Waals surface area contributed by atoms with Gasteiger partial charge in [0, 0.05) is 11.3 Å². The predicted octanol–water partition coefficient (Wildman–Crippen LogP) is 2.35. The van der Waals surface area contributed by atoms with E-state index in [1.54, 1.807) is 13.2 Å². The summed E-state index contributed by atoms with van der Waals surface area (Å²) in [4.78, 5) is 10.3. The number of nitrogens with zero attached hydrogens (tertiary/aromatic N) is 1. The number of ether oxygens (including phenoxy) is 2. The fourth-order valence-corrected chi connectivity index (χ4v) is 1.81. The summed E-state index contributed by atoms with van der Waals surface area (Å²) in [6.45, 7) is 4.13. The van der Waals surface area contributed by atoms with E-state index in [1.165, 1.54) is 12.2 Å². The number of methoxy groups -OCH3 is 1. The largest absolute Gasteiger partial charge is 0.497 e. The molecule has 0 aliphatic heterocycles. The van der Waals surface area contributed by atoms with Crippen molar-refractivity contribution in [3.63, 3.8) is 0 Å². The van der Waals surface area contributed by atoms with Crippen LogP contribution < -0.4 is 4.74 Å². The molecule has 1 aromatic carbocycles. The summed E-state index contributed by atoms with van der Waals surface area (Å²) in [5, 5.41) is 20.5. The number of nitro groups is 1. The molecule has 1 N–H and O–H groups in total. The summed E-state index contributed by atoms with van der Waals surface area (Å²) in [5.74, 6) is 0.778. The Balaban J connectivity index is 2.35. The van der Waals surface area contributed by atoms with Gasteiger partial charge in [-0.3, -0.25) is 10.1 Å². The highest BCUT2D eigenvalue weighted by molar-refractivity contribution is 5.26. The number of aliphatic hydroxyl groups is 1. The third kappa shape index (κ3) is 6.07. The van der Waals surface area contributed by atoms with E-state index >= 15 is 0 Å². The Kier molecular flexibility index (Phi) is 7.88. The van der Waals surface area contributed by atoms with Crippen molar-refractivity contribution >= 4 is 0 Å². The normalized spacial score (nSPS) is 13.7. The highest BCUT2D eigenvalue weighted by Crippen LogP contribution is 2.12. The lowest BCUT2D eigenvalue weighted by atomic mass is 10.1. The minimum absolute atomic E-state index is 0.116. The molecule has 0 amide bonds. The summed E-state index contributed by atoms with van der Waals surface area (Å²) in [7, 11) is 1.60. The maximum Gasteiger partial charge on any atom is 0.245 e. The molecule has 0 aliphatic carbocycles. The van der Waals surface area contributed by atoms with Crippen molar-refractivity contribution in [3.8, 4) is 5.75 Å². The Morgan fingerprint density at radius 3 is 2.64 bits per heavy atom. The quantitative estimate of drug-likeness (QED) is 0.310. The zero-order valence-corrected chi connectivity index (χ0v) is 12.6. The van der Waals surface area contributed by atoms with Crippen LogP contribution in [-0.2, 0) is 11.3 Å². The van der Waals surface area contributed by atoms with Crippen molar-refractivity contribution in [1.82, 2.24) is 0 Å². The Bertz CT molecular complexity index is 498. The van der Waals surface area contributed by atoms with Gasteiger partial charge >= 0.3 is 0 Å². The first-order valence-corrected chi connectivity index (χ1v) is 6.88. The van der Waals surface area contributed by atoms with Crippen molar-refractivity contribution in [2.75, 3.05) is 13.7 Å². The summed E-state index contributed by atoms with van der Waals surface area (Å²) < 4.78 is 10.5. The SMILES string of the molecule is C=CC[C@H]([C@@H](O)/C=C/COCc1ccc(OC)cc1)[N+](=O)[O-]. The molecule has 0 fully saturated rings. The van der Waals surface area contributed by atoms with Crippen molar-refractivity contribution < 1.29 is 19.5 Å². The van der Waals surface area contributed by atoms with Crippen LogP contribution in [0.25, 0.3) is 0 Å². The number of hydrogen-bond acceptors (Lipinski definition) is 5. The Morgan fingerprint density at radius 2 is 2.09 bits per heavy atom. The number of aliphatic hydroxyl groups excluding tert-OH is 1. The maximum atomic E-state index is 10.8. The lowest BCUT2D eigenvalue weighted by molar-refractivity contribution is -0.530. The van der Waals surface area contributed by atoms with Crippen molar-refractivity contribution in [2.45, 2.75) is 25.2 Å². The van der Waals surface area contributed by atoms with Crippen molar-refractivity contribution in [3.05, 3.63) is 64.8 Å². The van der Waals surface area contributed by atoms with E-state index in [0.717, 1.165) is 11.3 Å². The number of benzene rings is 1. The van der Waals surface area contributed by atoms with Crippen LogP contribution in [0.1, 0.15) is 12.0 Å². The molecule has 1 aromatic rings. The molecule has 0 spiro atoms. The smallest absolute Gasteiger partial charge is 0.245 e. The molecule has 120 valence electrons. The molecule has 22 heavy (non-hydrogen) atoms. The van der Waals surface area contributed by atoms with E-state index in [4.69, 9.17) is 9.47 Å². The van der Waals surface area contributed by atoms with Gasteiger partial charge in [-0.25, -0.2) is 0 Å². The second-order valence-electron chi connectivity index (χ2n) is 4.66. The zero-order valence-electron chi connectivity index (χ0n) is 12.6. The van der Waals surface area contributed by atoms with Crippen LogP contribution >= 0.6 is 0 Å². The average molecular weight is 307 g/mol. The lowest BCUT2D eigenvalue weighted by Gasteiger charge is -2.10. The molecular weight excluding hydrogens is 286 g/mol. The third-order valence-corrected chi connectivity index (χ3v) is 3.05. The van der Waals surface area contributed by atoms with E-state index in [2.05, 4.69) is 6.58 Å². The highest BCUT2D eigenvalue weighted by atomic mass is 16.6. The molecule has 0 heterocycles. The van der Waals surface area contributed by atoms with Crippen LogP contribution in [0, 0.1) is 10.1 Å². The van der Waals surface area contributed by atoms with E-state index in [9.17, 15) is 15.2 Å². The third-order valence-electron chi connectivity index (χ3n) is 3.05. The topological polar surface area (TPSA) is 81.8 Å². The monoisotopic (exact) mass is 307 g/mol. The summed E-state index contributed by atoms with van der Waals surface area (Å²) >= 11 is 0. The summed E-state index contributed by atoms with van der Waals surface area (Å²) in [6.07, 6.45) is 3.34. The van der Waals surface area contributed by atoms with Gasteiger partial charge in [0.15, 0.2) is 0 Å². The molecule has 0 saturated heterocycles. The van der Waals surface area contributed by atoms with E-state index < -0.39 is 17.1 Å². The summed E-state index contributed by atoms with van der Waals surface area (Å²) in [5.41, 5.74) is 0.990. The van der Waals surface area contributed by atoms with Crippen LogP contribution in [0.15, 0.2) is 49.1 Å². The zero-order chi connectivity index (χ0) is 16.4. The van der Waals surface area contributed by atoms with Crippen LogP contribution in [0.2, 0.25) is 0 Å². The van der Waals surface area contributed by atoms with Crippen LogP contribution in [0.5, 0.6) is 5.75 Å². The second-order valence-corrected chi connectivity index (χ2v) is 4.66. The highest BCUT2D eigenvalue weighted by Gasteiger charge is 2.25. The predicted molar refractivity (Wildman–Crippen MR) is 83.4 cm³/mol. The second kappa shape index (κ2) is 9.70. The van der Waals surface area contributed by atoms with Crippen LogP contribution in [0.4, 0.5) is 0 Å². The van der Waals surface area contributed by atoms with Gasteiger partial charge in [-0.05, 0) is 17.7 Å². The molecule has 6 nitrogen and oxygen atoms in total. The molecule has 1 rings (SSSR count). The van der Waals surface area contributed by atoms with Gasteiger partial charge in [0.2, 0.25) is 6.04 Å². The van der Waals surface area contributed by atoms with Gasteiger partial charge in [0.25, 0.3) is 0 Å². The molecule has 0 radical (unpaired) electrons. The van der Waals surface area contributed by atoms with Crippen molar-refractivity contribution in [2.24, 2.45) is 0 Å². The molecule has 6 heteroatoms. The van der Waals surface area contributed by atoms with Gasteiger partial charge in [0.05, 0.1) is 20.3 Å². The van der Waals surface area contributed by atoms with Crippen LogP contribution in [-0.4, -0.2) is 35.9 Å². The number of hydrogen-bond donors (Lipinski definition) is 1. The van der Waals surface area contributed by atoms with Gasteiger partial charge in [0.1, 0.15) is 11.9 Å². The fraction of sp³-hybridized carbons (Fsp3) is 0.375. The van der Waals surface area contributed by atoms with Gasteiger partial charge in [-0.15, -0.1) is 6.58 Å². The van der Waals surface area contributed by atoms with E-state index in [-0.39, 0.29) is 13.0 Å². The first-order valence-electron chi connectivity index (χ1n) is 6.88. The molecule has 0 unspecified atom stereocenters. The van der Waals surface area contributed by atoms with Crippen molar-refractivity contribution in [1.29, 1.82) is 0 Å². The summed E-state index contributed by atoms with van der Waals surface area (Å²) in [6, 6.07) is 6.40. The Labute approximate surface area is 129 Å². The number of rotatable bonds is 10. The van der Waals surface area contributed by atoms with Gasteiger partial charge in [-0.1, -0.05) is 30.4 Å².